The number of aryl methyl sites for hydroxylation is 1. The van der Waals surface area contributed by atoms with Crippen LogP contribution in [0.4, 0.5) is 11.4 Å². The first-order valence-electron chi connectivity index (χ1n) is 15.7. The van der Waals surface area contributed by atoms with Gasteiger partial charge in [0.05, 0.1) is 33.5 Å². The number of hydrogen-bond acceptors (Lipinski definition) is 8. The number of hydrogen-bond donors (Lipinski definition) is 4. The number of fused-ring (bicyclic) bond motifs is 1. The highest BCUT2D eigenvalue weighted by atomic mass is 35.5. The van der Waals surface area contributed by atoms with Gasteiger partial charge in [-0.1, -0.05) is 65.2 Å². The number of halogens is 2. The van der Waals surface area contributed by atoms with Crippen LogP contribution in [0.15, 0.2) is 78.8 Å². The van der Waals surface area contributed by atoms with E-state index in [4.69, 9.17) is 23.2 Å². The number of nitriles is 1. The van der Waals surface area contributed by atoms with Crippen LogP contribution in [0, 0.1) is 18.3 Å². The minimum atomic E-state index is -0.242. The van der Waals surface area contributed by atoms with Gasteiger partial charge >= 0.3 is 0 Å². The monoisotopic (exact) mass is 654 g/mol. The van der Waals surface area contributed by atoms with E-state index in [0.717, 1.165) is 53.8 Å². The lowest BCUT2D eigenvalue weighted by Gasteiger charge is -2.42. The molecule has 8 nitrogen and oxygen atoms in total. The third-order valence-corrected chi connectivity index (χ3v) is 9.41. The second-order valence-corrected chi connectivity index (χ2v) is 13.9. The van der Waals surface area contributed by atoms with Crippen LogP contribution >= 0.6 is 23.2 Å². The highest BCUT2D eigenvalue weighted by Gasteiger charge is 2.32. The lowest BCUT2D eigenvalue weighted by atomic mass is 9.98. The number of pyridine rings is 1. The molecule has 6 rings (SSSR count). The normalized spacial score (nSPS) is 16.5. The molecular formula is C36H40Cl2N8. The summed E-state index contributed by atoms with van der Waals surface area (Å²) in [6.07, 6.45) is 5.88. The predicted octanol–water partition coefficient (Wildman–Crippen LogP) is 7.92. The standard InChI is InChI=1S/C36H40Cl2N8/c1-23-5-7-24(8-6-23)20-40-33-26(19-39)21-41-35-30(33)17-28(18-31(35)38)42-34(25-9-11-27(37)12-10-25)32-22-46(44-43-32)29-13-15-45(16-14-29)36(2,3)4/h5-12,17-18,21-22,29,34,42-44H,13-16,20H2,1-4H3,(H,40,41)/t34-/m0/s1. The average Bonchev–Trinajstić information content (AvgIpc) is 3.53. The zero-order valence-corrected chi connectivity index (χ0v) is 28.2. The van der Waals surface area contributed by atoms with Crippen molar-refractivity contribution in [3.63, 3.8) is 0 Å². The maximum Gasteiger partial charge on any atom is 0.103 e. The van der Waals surface area contributed by atoms with Gasteiger partial charge in [-0.05, 0) is 75.9 Å². The van der Waals surface area contributed by atoms with Gasteiger partial charge in [0, 0.05) is 59.7 Å². The SMILES string of the molecule is Cc1ccc(CNc2c(C#N)cnc3c(Cl)cc(N[C@H](C4=CN(C5CCN(C(C)(C)C)CC5)NN4)c4ccc(Cl)cc4)cc23)cc1. The maximum absolute atomic E-state index is 9.98. The van der Waals surface area contributed by atoms with Crippen LogP contribution in [0.1, 0.15) is 61.9 Å². The molecule has 46 heavy (non-hydrogen) atoms. The van der Waals surface area contributed by atoms with Gasteiger partial charge < -0.3 is 16.1 Å². The van der Waals surface area contributed by atoms with Crippen LogP contribution in [0.3, 0.4) is 0 Å². The summed E-state index contributed by atoms with van der Waals surface area (Å²) in [6.45, 7) is 11.6. The molecule has 3 aromatic carbocycles. The van der Waals surface area contributed by atoms with E-state index in [1.807, 2.05) is 36.4 Å². The number of aromatic nitrogens is 1. The summed E-state index contributed by atoms with van der Waals surface area (Å²) in [5.41, 5.74) is 13.9. The Hall–Kier alpha value is -4.00. The molecule has 4 aromatic rings. The van der Waals surface area contributed by atoms with E-state index < -0.39 is 0 Å². The Morgan fingerprint density at radius 1 is 1.04 bits per heavy atom. The first-order chi connectivity index (χ1) is 22.1. The minimum Gasteiger partial charge on any atom is -0.379 e. The van der Waals surface area contributed by atoms with Crippen LogP contribution in [0.5, 0.6) is 0 Å². The fourth-order valence-corrected chi connectivity index (χ4v) is 6.57. The molecule has 0 amide bonds. The molecule has 3 heterocycles. The Bertz CT molecular complexity index is 1770. The lowest BCUT2D eigenvalue weighted by molar-refractivity contribution is 0.0570. The first-order valence-corrected chi connectivity index (χ1v) is 16.4. The molecule has 0 spiro atoms. The maximum atomic E-state index is 9.98. The van der Waals surface area contributed by atoms with Crippen molar-refractivity contribution in [2.45, 2.75) is 64.7 Å². The van der Waals surface area contributed by atoms with Crippen molar-refractivity contribution in [2.75, 3.05) is 23.7 Å². The Labute approximate surface area is 281 Å². The third-order valence-electron chi connectivity index (χ3n) is 8.87. The van der Waals surface area contributed by atoms with E-state index in [1.165, 1.54) is 5.56 Å². The molecule has 1 fully saturated rings. The summed E-state index contributed by atoms with van der Waals surface area (Å²) in [4.78, 5) is 7.10. The van der Waals surface area contributed by atoms with Gasteiger partial charge in [-0.25, -0.2) is 0 Å². The molecule has 2 aliphatic heterocycles. The van der Waals surface area contributed by atoms with Crippen molar-refractivity contribution >= 4 is 45.5 Å². The van der Waals surface area contributed by atoms with E-state index in [9.17, 15) is 5.26 Å². The topological polar surface area (TPSA) is 91.3 Å². The smallest absolute Gasteiger partial charge is 0.103 e. The molecule has 0 aliphatic carbocycles. The molecule has 0 bridgehead atoms. The molecular weight excluding hydrogens is 615 g/mol. The van der Waals surface area contributed by atoms with Gasteiger partial charge in [0.15, 0.2) is 0 Å². The van der Waals surface area contributed by atoms with Crippen molar-refractivity contribution in [2.24, 2.45) is 0 Å². The van der Waals surface area contributed by atoms with Crippen LogP contribution in [0.2, 0.25) is 10.0 Å². The Balaban J connectivity index is 1.31. The lowest BCUT2D eigenvalue weighted by Crippen LogP contribution is -2.52. The number of anilines is 2. The van der Waals surface area contributed by atoms with Gasteiger partial charge in [0.1, 0.15) is 6.07 Å². The van der Waals surface area contributed by atoms with Gasteiger partial charge in [-0.3, -0.25) is 14.9 Å². The van der Waals surface area contributed by atoms with Gasteiger partial charge in [-0.15, -0.1) is 5.53 Å². The second-order valence-electron chi connectivity index (χ2n) is 13.1. The fourth-order valence-electron chi connectivity index (χ4n) is 6.18. The Kier molecular flexibility index (Phi) is 9.30. The summed E-state index contributed by atoms with van der Waals surface area (Å²) in [7, 11) is 0. The van der Waals surface area contributed by atoms with Crippen LogP contribution in [-0.4, -0.2) is 39.6 Å². The van der Waals surface area contributed by atoms with Gasteiger partial charge in [-0.2, -0.15) is 5.26 Å². The number of nitrogens with zero attached hydrogens (tertiary/aromatic N) is 4. The Morgan fingerprint density at radius 2 is 1.76 bits per heavy atom. The van der Waals surface area contributed by atoms with Crippen molar-refractivity contribution in [3.05, 3.63) is 111 Å². The molecule has 0 saturated carbocycles. The number of rotatable bonds is 8. The van der Waals surface area contributed by atoms with E-state index in [-0.39, 0.29) is 11.6 Å². The number of piperidine rings is 1. The summed E-state index contributed by atoms with van der Waals surface area (Å²) in [6, 6.07) is 22.5. The summed E-state index contributed by atoms with van der Waals surface area (Å²) in [5, 5.41) is 21.3. The zero-order chi connectivity index (χ0) is 32.4. The molecule has 1 aromatic heterocycles. The average molecular weight is 656 g/mol. The van der Waals surface area contributed by atoms with Gasteiger partial charge in [0.2, 0.25) is 0 Å². The number of hydrazine groups is 2. The molecule has 0 radical (unpaired) electrons. The van der Waals surface area contributed by atoms with Crippen LogP contribution < -0.4 is 21.6 Å². The van der Waals surface area contributed by atoms with Crippen LogP contribution in [-0.2, 0) is 6.54 Å². The van der Waals surface area contributed by atoms with Gasteiger partial charge in [0.25, 0.3) is 0 Å². The summed E-state index contributed by atoms with van der Waals surface area (Å²) < 4.78 is 0. The van der Waals surface area contributed by atoms with E-state index in [2.05, 4.69) is 101 Å². The van der Waals surface area contributed by atoms with E-state index in [1.54, 1.807) is 6.20 Å². The van der Waals surface area contributed by atoms with E-state index in [0.29, 0.717) is 39.4 Å². The Morgan fingerprint density at radius 3 is 2.43 bits per heavy atom. The quantitative estimate of drug-likeness (QED) is 0.152. The zero-order valence-electron chi connectivity index (χ0n) is 26.7. The second kappa shape index (κ2) is 13.4. The molecule has 10 heteroatoms. The third kappa shape index (κ3) is 7.03. The molecule has 0 unspecified atom stereocenters. The molecule has 2 aliphatic rings. The number of benzene rings is 3. The predicted molar refractivity (Wildman–Crippen MR) is 188 cm³/mol. The molecule has 1 saturated heterocycles. The number of nitrogens with one attached hydrogen (secondary N) is 4. The fraction of sp³-hybridized carbons (Fsp3) is 0.333. The molecule has 4 N–H and O–H groups in total. The highest BCUT2D eigenvalue weighted by molar-refractivity contribution is 6.36. The summed E-state index contributed by atoms with van der Waals surface area (Å²) >= 11 is 13.1. The van der Waals surface area contributed by atoms with Crippen molar-refractivity contribution in [1.29, 1.82) is 5.26 Å². The first kappa shape index (κ1) is 32.0. The summed E-state index contributed by atoms with van der Waals surface area (Å²) in [5.74, 6) is 0. The number of likely N-dealkylation sites (tertiary alicyclic amines) is 1. The van der Waals surface area contributed by atoms with E-state index >= 15 is 0 Å². The van der Waals surface area contributed by atoms with Crippen molar-refractivity contribution < 1.29 is 0 Å². The molecule has 1 atom stereocenters. The van der Waals surface area contributed by atoms with Crippen LogP contribution in [0.25, 0.3) is 10.9 Å². The van der Waals surface area contributed by atoms with Crippen molar-refractivity contribution in [3.8, 4) is 6.07 Å². The largest absolute Gasteiger partial charge is 0.379 e. The minimum absolute atomic E-state index is 0.174. The van der Waals surface area contributed by atoms with Crippen molar-refractivity contribution in [1.82, 2.24) is 25.9 Å². The highest BCUT2D eigenvalue weighted by Crippen LogP contribution is 2.36. The molecule has 238 valence electrons.